The van der Waals surface area contributed by atoms with Crippen molar-refractivity contribution in [2.45, 2.75) is 41.5 Å². The summed E-state index contributed by atoms with van der Waals surface area (Å²) < 4.78 is 2.11. The molecule has 0 aliphatic rings. The first-order valence-electron chi connectivity index (χ1n) is 13.0. The van der Waals surface area contributed by atoms with Crippen LogP contribution in [0, 0.1) is 28.7 Å². The first-order valence-corrected chi connectivity index (χ1v) is 13.8. The maximum Gasteiger partial charge on any atom is 0.195 e. The van der Waals surface area contributed by atoms with Gasteiger partial charge in [0.1, 0.15) is 0 Å². The summed E-state index contributed by atoms with van der Waals surface area (Å²) in [4.78, 5) is 12.1. The third-order valence-electron chi connectivity index (χ3n) is 5.10. The van der Waals surface area contributed by atoms with Crippen LogP contribution in [-0.2, 0) is 65.4 Å². The van der Waals surface area contributed by atoms with Gasteiger partial charge in [0.25, 0.3) is 0 Å². The summed E-state index contributed by atoms with van der Waals surface area (Å²) in [6.45, 7) is 18.0. The maximum absolute atomic E-state index is 12.1. The molecule has 0 fully saturated rings. The first-order chi connectivity index (χ1) is 18.3. The van der Waals surface area contributed by atoms with Crippen molar-refractivity contribution in [2.75, 3.05) is 0 Å². The van der Waals surface area contributed by atoms with Gasteiger partial charge in [-0.05, 0) is 57.9 Å². The molecule has 0 saturated heterocycles. The van der Waals surface area contributed by atoms with Gasteiger partial charge < -0.3 is 28.7 Å². The monoisotopic (exact) mass is 716 g/mol. The van der Waals surface area contributed by atoms with Crippen LogP contribution in [0.15, 0.2) is 114 Å². The van der Waals surface area contributed by atoms with Crippen molar-refractivity contribution < 1.29 is 65.4 Å². The molecule has 41 heavy (non-hydrogen) atoms. The molecule has 0 bridgehead atoms. The minimum atomic E-state index is 0. The summed E-state index contributed by atoms with van der Waals surface area (Å²) in [6, 6.07) is 36.9. The molecule has 1 heterocycles. The Kier molecular flexibility index (Phi) is 31.4. The van der Waals surface area contributed by atoms with E-state index in [0.29, 0.717) is 0 Å². The molecular weight excluding hydrogens is 670 g/mol. The molecule has 0 spiro atoms. The summed E-state index contributed by atoms with van der Waals surface area (Å²) in [6.07, 6.45) is 0. The van der Waals surface area contributed by atoms with E-state index in [9.17, 15) is 4.79 Å². The number of hydrogen-bond donors (Lipinski definition) is 0. The Morgan fingerprint density at radius 2 is 0.707 bits per heavy atom. The van der Waals surface area contributed by atoms with E-state index in [1.807, 2.05) is 76.2 Å². The van der Waals surface area contributed by atoms with Crippen LogP contribution in [0.5, 0.6) is 0 Å². The summed E-state index contributed by atoms with van der Waals surface area (Å²) in [5.74, 6) is 0. The second-order valence-corrected chi connectivity index (χ2v) is 8.05. The molecule has 216 valence electrons. The quantitative estimate of drug-likeness (QED) is 0.113. The summed E-state index contributed by atoms with van der Waals surface area (Å²) >= 11 is 1.67. The Bertz CT molecular complexity index is 1380. The summed E-state index contributed by atoms with van der Waals surface area (Å²) in [5.41, 5.74) is 0.139. The fourth-order valence-electron chi connectivity index (χ4n) is 3.63. The molecule has 5 aromatic carbocycles. The first kappa shape index (κ1) is 46.7. The second-order valence-electron chi connectivity index (χ2n) is 6.97. The zero-order valence-electron chi connectivity index (χ0n) is 26.3. The average molecular weight is 717 g/mol. The molecule has 0 N–H and O–H groups in total. The third kappa shape index (κ3) is 13.3. The van der Waals surface area contributed by atoms with Gasteiger partial charge in [-0.15, -0.1) is 11.3 Å². The zero-order chi connectivity index (χ0) is 27.6. The van der Waals surface area contributed by atoms with Crippen LogP contribution >= 0.6 is 11.3 Å². The molecule has 0 unspecified atom stereocenters. The molecule has 1 aromatic heterocycles. The van der Waals surface area contributed by atoms with E-state index in [1.54, 1.807) is 25.2 Å². The number of fused-ring (bicyclic) bond motifs is 4. The van der Waals surface area contributed by atoms with E-state index < -0.39 is 0 Å². The van der Waals surface area contributed by atoms with E-state index in [0.717, 1.165) is 20.2 Å². The number of benzene rings is 5. The molecule has 6 rings (SSSR count). The smallest absolute Gasteiger partial charge is 0.195 e. The molecule has 2 radical (unpaired) electrons. The minimum absolute atomic E-state index is 0. The minimum Gasteiger partial charge on any atom is -0.358 e. The molecule has 0 saturated carbocycles. The van der Waals surface area contributed by atoms with E-state index >= 15 is 0 Å². The molecule has 0 aliphatic heterocycles. The normalized spacial score (nSPS) is 8.29. The Labute approximate surface area is 304 Å². The molecule has 4 heteroatoms. The molecule has 0 atom stereocenters. The number of hydrogen-bond acceptors (Lipinski definition) is 2. The van der Waals surface area contributed by atoms with Gasteiger partial charge in [-0.2, -0.15) is 13.8 Å². The molecule has 6 aromatic rings. The van der Waals surface area contributed by atoms with Crippen LogP contribution in [0.2, 0.25) is 0 Å². The van der Waals surface area contributed by atoms with Crippen molar-refractivity contribution in [1.29, 1.82) is 0 Å². The Hall–Kier alpha value is -1.28. The van der Waals surface area contributed by atoms with Gasteiger partial charge in [0.05, 0.1) is 0 Å². The SMILES string of the molecule is CC.CC.O=c1c2ccccc2sc2ccccc12.[CH2-]C.[CH2-]C.[CH3-].[CH3-].[Y].[Y].c1ccc2cc3ccccc3cc2c1. The van der Waals surface area contributed by atoms with Crippen LogP contribution in [0.1, 0.15) is 41.5 Å². The second kappa shape index (κ2) is 27.5. The zero-order valence-corrected chi connectivity index (χ0v) is 32.8. The van der Waals surface area contributed by atoms with Gasteiger partial charge in [-0.25, -0.2) is 0 Å². The molecule has 1 nitrogen and oxygen atoms in total. The molecule has 0 aliphatic carbocycles. The van der Waals surface area contributed by atoms with Crippen LogP contribution in [0.25, 0.3) is 41.7 Å². The van der Waals surface area contributed by atoms with Crippen molar-refractivity contribution >= 4 is 53.1 Å². The van der Waals surface area contributed by atoms with E-state index in [2.05, 4.69) is 74.5 Å². The maximum atomic E-state index is 12.1. The largest absolute Gasteiger partial charge is 0.358 e. The topological polar surface area (TPSA) is 17.1 Å². The molecule has 0 amide bonds. The fourth-order valence-corrected chi connectivity index (χ4v) is 4.70. The van der Waals surface area contributed by atoms with Crippen molar-refractivity contribution in [3.8, 4) is 0 Å². The van der Waals surface area contributed by atoms with Gasteiger partial charge in [0, 0.05) is 85.6 Å². The van der Waals surface area contributed by atoms with Crippen LogP contribution in [0.3, 0.4) is 0 Å². The Morgan fingerprint density at radius 1 is 0.463 bits per heavy atom. The summed E-state index contributed by atoms with van der Waals surface area (Å²) in [7, 11) is 0. The van der Waals surface area contributed by atoms with Crippen LogP contribution in [-0.4, -0.2) is 0 Å². The third-order valence-corrected chi connectivity index (χ3v) is 6.25. The average Bonchev–Trinajstić information content (AvgIpc) is 3.01. The van der Waals surface area contributed by atoms with Gasteiger partial charge in [0.15, 0.2) is 5.43 Å². The van der Waals surface area contributed by atoms with Gasteiger partial charge in [-0.1, -0.05) is 100 Å². The van der Waals surface area contributed by atoms with Crippen molar-refractivity contribution in [1.82, 2.24) is 0 Å². The van der Waals surface area contributed by atoms with Crippen LogP contribution in [0.4, 0.5) is 0 Å². The van der Waals surface area contributed by atoms with Gasteiger partial charge in [0.2, 0.25) is 0 Å². The summed E-state index contributed by atoms with van der Waals surface area (Å²) in [5, 5.41) is 6.89. The predicted octanol–water partition coefficient (Wildman–Crippen LogP) is 12.0. The van der Waals surface area contributed by atoms with E-state index in [4.69, 9.17) is 0 Å². The van der Waals surface area contributed by atoms with E-state index in [1.165, 1.54) is 21.5 Å². The predicted molar refractivity (Wildman–Crippen MR) is 185 cm³/mol. The van der Waals surface area contributed by atoms with Crippen molar-refractivity contribution in [3.05, 3.63) is 148 Å². The van der Waals surface area contributed by atoms with Crippen LogP contribution < -0.4 is 5.43 Å². The Balaban J connectivity index is -0.000000250. The standard InChI is InChI=1S/C14H10.C13H8OS.2C2H6.2C2H5.2CH3.2Y/c1-2-6-12-10-14-8-4-3-7-13(14)9-11(12)5-1;14-13-9-5-1-3-7-11(9)15-12-8-4-2-6-10(12)13;4*1-2;;;;/h1-10H;1-8H;2*1-2H3;2*1H2,2H3;2*1H3;;/q;;;;4*-1;;. The van der Waals surface area contributed by atoms with E-state index in [-0.39, 0.29) is 85.7 Å². The van der Waals surface area contributed by atoms with Gasteiger partial charge in [-0.3, -0.25) is 4.79 Å². The number of rotatable bonds is 0. The Morgan fingerprint density at radius 3 is 1.00 bits per heavy atom. The fraction of sp³-hybridized carbons (Fsp3) is 0.162. The van der Waals surface area contributed by atoms with Crippen molar-refractivity contribution in [2.24, 2.45) is 0 Å². The van der Waals surface area contributed by atoms with Gasteiger partial charge >= 0.3 is 0 Å². The van der Waals surface area contributed by atoms with Crippen molar-refractivity contribution in [3.63, 3.8) is 0 Å². The molecular formula is C37H46OSY2-4.